The predicted molar refractivity (Wildman–Crippen MR) is 75.8 cm³/mol. The molecule has 0 radical (unpaired) electrons. The van der Waals surface area contributed by atoms with Gasteiger partial charge in [-0.25, -0.2) is 0 Å². The number of rotatable bonds is 7. The molecule has 0 bridgehead atoms. The number of halogens is 2. The molecule has 16 heavy (non-hydrogen) atoms. The van der Waals surface area contributed by atoms with E-state index < -0.39 is 0 Å². The van der Waals surface area contributed by atoms with Crippen LogP contribution in [0.25, 0.3) is 0 Å². The van der Waals surface area contributed by atoms with Crippen molar-refractivity contribution in [3.8, 4) is 0 Å². The number of hydrogen-bond acceptors (Lipinski definition) is 1. The maximum Gasteiger partial charge on any atom is 0.115 e. The van der Waals surface area contributed by atoms with Crippen LogP contribution in [0.2, 0.25) is 0 Å². The van der Waals surface area contributed by atoms with E-state index in [1.165, 1.54) is 0 Å². The molecule has 0 aromatic rings. The molecule has 0 fully saturated rings. The van der Waals surface area contributed by atoms with E-state index in [0.29, 0.717) is 17.6 Å². The van der Waals surface area contributed by atoms with Gasteiger partial charge in [-0.05, 0) is 18.4 Å². The van der Waals surface area contributed by atoms with Gasteiger partial charge in [0.2, 0.25) is 0 Å². The molecular weight excluding hydrogens is 287 g/mol. The van der Waals surface area contributed by atoms with Crippen molar-refractivity contribution in [1.29, 1.82) is 0 Å². The number of ether oxygens (including phenoxy) is 1. The molecule has 0 N–H and O–H groups in total. The van der Waals surface area contributed by atoms with Crippen LogP contribution in [0, 0.1) is 5.92 Å². The van der Waals surface area contributed by atoms with Crippen LogP contribution >= 0.6 is 27.5 Å². The first-order valence-corrected chi connectivity index (χ1v) is 6.69. The second kappa shape index (κ2) is 8.89. The van der Waals surface area contributed by atoms with Crippen LogP contribution in [0.5, 0.6) is 0 Å². The Hall–Kier alpha value is -0.210. The smallest absolute Gasteiger partial charge is 0.115 e. The minimum Gasteiger partial charge on any atom is -0.496 e. The summed E-state index contributed by atoms with van der Waals surface area (Å²) in [5.41, 5.74) is 0. The number of hydrogen-bond donors (Lipinski definition) is 0. The Bertz CT molecular complexity index is 280. The third-order valence-electron chi connectivity index (χ3n) is 1.79. The summed E-state index contributed by atoms with van der Waals surface area (Å²) in [4.78, 5) is 0. The summed E-state index contributed by atoms with van der Waals surface area (Å²) < 4.78 is 6.56. The van der Waals surface area contributed by atoms with E-state index in [2.05, 4.69) is 43.3 Å². The van der Waals surface area contributed by atoms with Gasteiger partial charge in [-0.2, -0.15) is 0 Å². The average molecular weight is 308 g/mol. The van der Waals surface area contributed by atoms with Crippen LogP contribution < -0.4 is 0 Å². The van der Waals surface area contributed by atoms with Crippen molar-refractivity contribution < 1.29 is 4.74 Å². The zero-order valence-electron chi connectivity index (χ0n) is 10.2. The highest BCUT2D eigenvalue weighted by Gasteiger charge is 2.05. The van der Waals surface area contributed by atoms with Gasteiger partial charge < -0.3 is 4.74 Å². The van der Waals surface area contributed by atoms with Crippen LogP contribution in [-0.2, 0) is 4.74 Å². The monoisotopic (exact) mass is 306 g/mol. The average Bonchev–Trinajstić information content (AvgIpc) is 2.23. The molecule has 0 heterocycles. The van der Waals surface area contributed by atoms with Crippen molar-refractivity contribution in [2.24, 2.45) is 5.92 Å². The van der Waals surface area contributed by atoms with Gasteiger partial charge in [0, 0.05) is 10.9 Å². The van der Waals surface area contributed by atoms with Crippen molar-refractivity contribution in [2.45, 2.75) is 33.6 Å². The topological polar surface area (TPSA) is 9.23 Å². The first-order valence-electron chi connectivity index (χ1n) is 5.52. The molecule has 0 saturated carbocycles. The Morgan fingerprint density at radius 2 is 2.12 bits per heavy atom. The highest BCUT2D eigenvalue weighted by atomic mass is 79.9. The van der Waals surface area contributed by atoms with Crippen molar-refractivity contribution in [2.75, 3.05) is 6.61 Å². The first-order chi connectivity index (χ1) is 7.51. The highest BCUT2D eigenvalue weighted by Crippen LogP contribution is 2.21. The van der Waals surface area contributed by atoms with Gasteiger partial charge in [-0.3, -0.25) is 0 Å². The van der Waals surface area contributed by atoms with Gasteiger partial charge >= 0.3 is 0 Å². The highest BCUT2D eigenvalue weighted by molar-refractivity contribution is 9.11. The Morgan fingerprint density at radius 1 is 1.50 bits per heavy atom. The Balaban J connectivity index is 4.70. The maximum atomic E-state index is 6.18. The molecule has 1 nitrogen and oxygen atoms in total. The van der Waals surface area contributed by atoms with Crippen molar-refractivity contribution in [3.63, 3.8) is 0 Å². The van der Waals surface area contributed by atoms with Crippen LogP contribution in [0.1, 0.15) is 33.6 Å². The fraction of sp³-hybridized carbons (Fsp3) is 0.538. The first kappa shape index (κ1) is 15.8. The Morgan fingerprint density at radius 3 is 2.56 bits per heavy atom. The molecule has 0 rings (SSSR count). The molecule has 0 aliphatic rings. The lowest BCUT2D eigenvalue weighted by molar-refractivity contribution is 0.170. The van der Waals surface area contributed by atoms with E-state index >= 15 is 0 Å². The van der Waals surface area contributed by atoms with Crippen molar-refractivity contribution in [3.05, 3.63) is 34.0 Å². The summed E-state index contributed by atoms with van der Waals surface area (Å²) in [6.45, 7) is 10.7. The van der Waals surface area contributed by atoms with E-state index in [-0.39, 0.29) is 0 Å². The van der Waals surface area contributed by atoms with Gasteiger partial charge in [0.1, 0.15) is 5.76 Å². The van der Waals surface area contributed by atoms with Crippen LogP contribution in [0.15, 0.2) is 34.0 Å². The largest absolute Gasteiger partial charge is 0.496 e. The molecule has 0 atom stereocenters. The molecule has 3 heteroatoms. The lowest BCUT2D eigenvalue weighted by Crippen LogP contribution is -2.02. The molecule has 0 spiro atoms. The van der Waals surface area contributed by atoms with Gasteiger partial charge in [-0.1, -0.05) is 61.0 Å². The fourth-order valence-corrected chi connectivity index (χ4v) is 1.64. The molecule has 0 aliphatic carbocycles. The molecule has 0 aromatic carbocycles. The SMILES string of the molecule is C=C/C(Br)=C\C(Cl)=C(/CCC)OCC(C)C. The minimum absolute atomic E-state index is 0.503. The second-order valence-corrected chi connectivity index (χ2v) is 5.28. The Labute approximate surface area is 112 Å². The third-order valence-corrected chi connectivity index (χ3v) is 2.67. The van der Waals surface area contributed by atoms with E-state index in [1.807, 2.05) is 6.08 Å². The van der Waals surface area contributed by atoms with Crippen LogP contribution in [0.4, 0.5) is 0 Å². The molecule has 0 unspecified atom stereocenters. The van der Waals surface area contributed by atoms with Crippen LogP contribution in [0.3, 0.4) is 0 Å². The summed E-state index contributed by atoms with van der Waals surface area (Å²) in [5, 5.41) is 0.647. The molecule has 92 valence electrons. The van der Waals surface area contributed by atoms with Crippen LogP contribution in [-0.4, -0.2) is 6.61 Å². The van der Waals surface area contributed by atoms with E-state index in [4.69, 9.17) is 16.3 Å². The standard InChI is InChI=1S/C13H20BrClO/c1-5-7-13(16-9-10(3)4)12(15)8-11(14)6-2/h6,8,10H,2,5,7,9H2,1,3-4H3/b11-8+,13-12-. The van der Waals surface area contributed by atoms with Crippen molar-refractivity contribution in [1.82, 2.24) is 0 Å². The zero-order valence-corrected chi connectivity index (χ0v) is 12.6. The van der Waals surface area contributed by atoms with E-state index in [1.54, 1.807) is 6.08 Å². The van der Waals surface area contributed by atoms with Crippen molar-refractivity contribution >= 4 is 27.5 Å². The summed E-state index contributed by atoms with van der Waals surface area (Å²) in [5.74, 6) is 1.36. The summed E-state index contributed by atoms with van der Waals surface area (Å²) >= 11 is 9.53. The van der Waals surface area contributed by atoms with Gasteiger partial charge in [-0.15, -0.1) is 0 Å². The fourth-order valence-electron chi connectivity index (χ4n) is 1.02. The molecule has 0 amide bonds. The van der Waals surface area contributed by atoms with Gasteiger partial charge in [0.25, 0.3) is 0 Å². The normalized spacial score (nSPS) is 13.8. The second-order valence-electron chi connectivity index (χ2n) is 3.96. The summed E-state index contributed by atoms with van der Waals surface area (Å²) in [7, 11) is 0. The Kier molecular flexibility index (Phi) is 8.77. The molecule has 0 aromatic heterocycles. The predicted octanol–water partition coefficient (Wildman–Crippen LogP) is 5.37. The molecular formula is C13H20BrClO. The molecule has 0 aliphatic heterocycles. The van der Waals surface area contributed by atoms with Gasteiger partial charge in [0.15, 0.2) is 0 Å². The summed E-state index contributed by atoms with van der Waals surface area (Å²) in [6.07, 6.45) is 5.40. The van der Waals surface area contributed by atoms with E-state index in [0.717, 1.165) is 23.1 Å². The zero-order chi connectivity index (χ0) is 12.6. The quantitative estimate of drug-likeness (QED) is 0.453. The van der Waals surface area contributed by atoms with Gasteiger partial charge in [0.05, 0.1) is 11.6 Å². The lowest BCUT2D eigenvalue weighted by atomic mass is 10.2. The minimum atomic E-state index is 0.503. The maximum absolute atomic E-state index is 6.18. The number of allylic oxidation sites excluding steroid dienone is 5. The molecule has 0 saturated heterocycles. The van der Waals surface area contributed by atoms with E-state index in [9.17, 15) is 0 Å². The summed E-state index contributed by atoms with van der Waals surface area (Å²) in [6, 6.07) is 0. The third kappa shape index (κ3) is 7.13. The lowest BCUT2D eigenvalue weighted by Gasteiger charge is -2.13.